The predicted octanol–water partition coefficient (Wildman–Crippen LogP) is 3.07. The largest absolute Gasteiger partial charge is 0.294 e. The highest BCUT2D eigenvalue weighted by Gasteiger charge is 2.08. The summed E-state index contributed by atoms with van der Waals surface area (Å²) in [5.74, 6) is 0. The van der Waals surface area contributed by atoms with Crippen molar-refractivity contribution in [1.82, 2.24) is 0 Å². The summed E-state index contributed by atoms with van der Waals surface area (Å²) in [6.45, 7) is 0. The number of nitrogens with one attached hydrogen (secondary N) is 2. The number of anilines is 2. The van der Waals surface area contributed by atoms with Gasteiger partial charge in [0.25, 0.3) is 20.2 Å². The van der Waals surface area contributed by atoms with Gasteiger partial charge in [-0.15, -0.1) is 0 Å². The molecule has 4 N–H and O–H groups in total. The van der Waals surface area contributed by atoms with Gasteiger partial charge in [-0.05, 0) is 65.7 Å². The lowest BCUT2D eigenvalue weighted by atomic mass is 10.1. The van der Waals surface area contributed by atoms with E-state index in [1.807, 2.05) is 24.3 Å². The third kappa shape index (κ3) is 6.72. The van der Waals surface area contributed by atoms with E-state index in [0.717, 1.165) is 11.1 Å². The summed E-state index contributed by atoms with van der Waals surface area (Å²) in [7, 11) is -8.48. The second kappa shape index (κ2) is 9.70. The maximum atomic E-state index is 11.0. The van der Waals surface area contributed by atoms with Crippen molar-refractivity contribution >= 4 is 44.0 Å². The van der Waals surface area contributed by atoms with Gasteiger partial charge in [0.05, 0.1) is 33.6 Å². The highest BCUT2D eigenvalue weighted by molar-refractivity contribution is 7.86. The van der Waals surface area contributed by atoms with Crippen molar-refractivity contribution < 1.29 is 25.9 Å². The van der Waals surface area contributed by atoms with Crippen LogP contribution >= 0.6 is 0 Å². The van der Waals surface area contributed by atoms with E-state index >= 15 is 0 Å². The maximum absolute atomic E-state index is 11.0. The minimum Gasteiger partial charge on any atom is -0.282 e. The Bertz CT molecular complexity index is 1250. The van der Waals surface area contributed by atoms with Crippen LogP contribution in [0.15, 0.2) is 92.8 Å². The van der Waals surface area contributed by atoms with E-state index in [9.17, 15) is 16.8 Å². The van der Waals surface area contributed by atoms with Gasteiger partial charge in [-0.2, -0.15) is 27.0 Å². The van der Waals surface area contributed by atoms with Crippen molar-refractivity contribution in [3.63, 3.8) is 0 Å². The summed E-state index contributed by atoms with van der Waals surface area (Å²) in [6.07, 6.45) is 3.13. The molecule has 0 spiro atoms. The zero-order valence-electron chi connectivity index (χ0n) is 16.3. The van der Waals surface area contributed by atoms with Crippen LogP contribution in [0.5, 0.6) is 0 Å². The fourth-order valence-corrected chi connectivity index (χ4v) is 3.45. The molecule has 0 heterocycles. The highest BCUT2D eigenvalue weighted by atomic mass is 32.2. The van der Waals surface area contributed by atoms with E-state index in [1.54, 1.807) is 12.4 Å². The summed E-state index contributed by atoms with van der Waals surface area (Å²) in [5, 5.41) is 8.17. The fourth-order valence-electron chi connectivity index (χ4n) is 2.49. The molecule has 0 saturated carbocycles. The van der Waals surface area contributed by atoms with Gasteiger partial charge in [-0.3, -0.25) is 20.0 Å². The van der Waals surface area contributed by atoms with E-state index in [-0.39, 0.29) is 9.79 Å². The number of hydrogen-bond donors (Lipinski definition) is 4. The van der Waals surface area contributed by atoms with Crippen molar-refractivity contribution in [3.8, 4) is 0 Å². The highest BCUT2D eigenvalue weighted by Crippen LogP contribution is 2.14. The zero-order valence-corrected chi connectivity index (χ0v) is 18.0. The number of hydrazone groups is 2. The average Bonchev–Trinajstić information content (AvgIpc) is 2.74. The molecule has 0 aliphatic heterocycles. The van der Waals surface area contributed by atoms with Crippen molar-refractivity contribution in [2.75, 3.05) is 10.9 Å². The molecule has 0 unspecified atom stereocenters. The molecule has 0 aliphatic carbocycles. The summed E-state index contributed by atoms with van der Waals surface area (Å²) < 4.78 is 62.1. The molecule has 10 nitrogen and oxygen atoms in total. The molecule has 0 saturated heterocycles. The van der Waals surface area contributed by atoms with Crippen molar-refractivity contribution in [3.05, 3.63) is 83.9 Å². The molecule has 166 valence electrons. The Morgan fingerprint density at radius 1 is 0.625 bits per heavy atom. The second-order valence-electron chi connectivity index (χ2n) is 6.41. The summed E-state index contributed by atoms with van der Waals surface area (Å²) >= 11 is 0. The van der Waals surface area contributed by atoms with Gasteiger partial charge in [0.2, 0.25) is 0 Å². The third-order valence-corrected chi connectivity index (χ3v) is 5.77. The lowest BCUT2D eigenvalue weighted by Gasteiger charge is -2.02. The molecular formula is C20H18N4O6S2. The number of nitrogens with zero attached hydrogens (tertiary/aromatic N) is 2. The van der Waals surface area contributed by atoms with Crippen LogP contribution in [-0.4, -0.2) is 38.4 Å². The average molecular weight is 475 g/mol. The summed E-state index contributed by atoms with van der Waals surface area (Å²) in [6, 6.07) is 18.2. The molecule has 12 heteroatoms. The maximum Gasteiger partial charge on any atom is 0.294 e. The monoisotopic (exact) mass is 474 g/mol. The van der Waals surface area contributed by atoms with Gasteiger partial charge in [0, 0.05) is 0 Å². The Hall–Kier alpha value is -3.58. The second-order valence-corrected chi connectivity index (χ2v) is 9.25. The first-order chi connectivity index (χ1) is 15.1. The molecule has 32 heavy (non-hydrogen) atoms. The van der Waals surface area contributed by atoms with Crippen LogP contribution in [0.25, 0.3) is 0 Å². The first-order valence-electron chi connectivity index (χ1n) is 8.95. The Labute approximate surface area is 184 Å². The zero-order chi connectivity index (χ0) is 23.2. The van der Waals surface area contributed by atoms with Crippen LogP contribution in [0.3, 0.4) is 0 Å². The third-order valence-electron chi connectivity index (χ3n) is 4.03. The summed E-state index contributed by atoms with van der Waals surface area (Å²) in [5.41, 5.74) is 8.13. The standard InChI is InChI=1S/C20H18N4O6S2/c25-31(26,27)19-8-4-17(5-9-19)23-21-13-15-2-1-3-16(12-15)14-22-24-18-6-10-20(11-7-18)32(28,29)30/h1-14,23-24H,(H,25,26,27)(H,28,29,30)/b21-13+,22-14+. The Kier molecular flexibility index (Phi) is 7.00. The van der Waals surface area contributed by atoms with Gasteiger partial charge in [0.1, 0.15) is 0 Å². The minimum atomic E-state index is -4.24. The predicted molar refractivity (Wildman–Crippen MR) is 121 cm³/mol. The molecule has 0 aromatic heterocycles. The number of rotatable bonds is 8. The topological polar surface area (TPSA) is 158 Å². The summed E-state index contributed by atoms with van der Waals surface area (Å²) in [4.78, 5) is -0.413. The van der Waals surface area contributed by atoms with Gasteiger partial charge in [-0.25, -0.2) is 0 Å². The Balaban J connectivity index is 1.59. The van der Waals surface area contributed by atoms with E-state index in [2.05, 4.69) is 21.1 Å². The van der Waals surface area contributed by atoms with Crippen molar-refractivity contribution in [2.45, 2.75) is 9.79 Å². The Morgan fingerprint density at radius 3 is 1.34 bits per heavy atom. The Morgan fingerprint density at radius 2 is 1.00 bits per heavy atom. The fraction of sp³-hybridized carbons (Fsp3) is 0. The van der Waals surface area contributed by atoms with Crippen molar-refractivity contribution in [2.24, 2.45) is 10.2 Å². The quantitative estimate of drug-likeness (QED) is 0.220. The van der Waals surface area contributed by atoms with Crippen molar-refractivity contribution in [1.29, 1.82) is 0 Å². The first kappa shape index (κ1) is 23.1. The molecule has 0 atom stereocenters. The van der Waals surface area contributed by atoms with Gasteiger partial charge in [-0.1, -0.05) is 18.2 Å². The van der Waals surface area contributed by atoms with Crippen LogP contribution in [0.2, 0.25) is 0 Å². The number of benzene rings is 3. The van der Waals surface area contributed by atoms with Crippen LogP contribution in [0.1, 0.15) is 11.1 Å². The molecule has 0 amide bonds. The molecule has 0 aliphatic rings. The lowest BCUT2D eigenvalue weighted by Crippen LogP contribution is -1.98. The minimum absolute atomic E-state index is 0.206. The van der Waals surface area contributed by atoms with E-state index in [4.69, 9.17) is 9.11 Å². The lowest BCUT2D eigenvalue weighted by molar-refractivity contribution is 0.481. The van der Waals surface area contributed by atoms with Crippen LogP contribution in [-0.2, 0) is 20.2 Å². The number of hydrogen-bond acceptors (Lipinski definition) is 8. The van der Waals surface area contributed by atoms with Gasteiger partial charge >= 0.3 is 0 Å². The molecule has 0 fully saturated rings. The van der Waals surface area contributed by atoms with E-state index < -0.39 is 20.2 Å². The van der Waals surface area contributed by atoms with Crippen LogP contribution in [0.4, 0.5) is 11.4 Å². The van der Waals surface area contributed by atoms with E-state index in [1.165, 1.54) is 48.5 Å². The molecule has 0 radical (unpaired) electrons. The molecule has 3 aromatic rings. The molecule has 3 aromatic carbocycles. The van der Waals surface area contributed by atoms with E-state index in [0.29, 0.717) is 11.4 Å². The molecular weight excluding hydrogens is 456 g/mol. The first-order valence-corrected chi connectivity index (χ1v) is 11.8. The van der Waals surface area contributed by atoms with Gasteiger partial charge < -0.3 is 0 Å². The van der Waals surface area contributed by atoms with Crippen LogP contribution in [0, 0.1) is 0 Å². The van der Waals surface area contributed by atoms with Crippen LogP contribution < -0.4 is 10.9 Å². The normalized spacial score (nSPS) is 12.3. The SMILES string of the molecule is O=S(=O)(O)c1ccc(N/N=C/c2cccc(/C=N/Nc3ccc(S(=O)(=O)O)cc3)c2)cc1. The molecule has 3 rings (SSSR count). The smallest absolute Gasteiger partial charge is 0.282 e. The molecule has 0 bridgehead atoms. The van der Waals surface area contributed by atoms with Gasteiger partial charge in [0.15, 0.2) is 0 Å².